The van der Waals surface area contributed by atoms with Crippen molar-refractivity contribution in [2.24, 2.45) is 5.92 Å². The van der Waals surface area contributed by atoms with Crippen LogP contribution in [0.3, 0.4) is 0 Å². The van der Waals surface area contributed by atoms with Crippen molar-refractivity contribution in [1.29, 1.82) is 0 Å². The van der Waals surface area contributed by atoms with Gasteiger partial charge in [-0.05, 0) is 36.6 Å². The molecule has 1 aliphatic rings. The minimum Gasteiger partial charge on any atom is -0.496 e. The summed E-state index contributed by atoms with van der Waals surface area (Å²) in [6.07, 6.45) is -1.63. The van der Waals surface area contributed by atoms with Crippen molar-refractivity contribution < 1.29 is 27.5 Å². The van der Waals surface area contributed by atoms with E-state index in [1.807, 2.05) is 0 Å². The van der Waals surface area contributed by atoms with Gasteiger partial charge in [0, 0.05) is 18.7 Å². The van der Waals surface area contributed by atoms with E-state index in [2.05, 4.69) is 20.6 Å². The number of amides is 2. The number of nitrogens with one attached hydrogen (secondary N) is 2. The third-order valence-corrected chi connectivity index (χ3v) is 4.09. The van der Waals surface area contributed by atoms with Crippen LogP contribution in [-0.4, -0.2) is 28.9 Å². The average molecular weight is 394 g/mol. The first-order valence-corrected chi connectivity index (χ1v) is 8.44. The van der Waals surface area contributed by atoms with Crippen LogP contribution >= 0.6 is 0 Å². The fraction of sp³-hybridized carbons (Fsp3) is 0.333. The van der Waals surface area contributed by atoms with Crippen LogP contribution in [0.5, 0.6) is 5.75 Å². The Hall–Kier alpha value is -3.17. The topological polar surface area (TPSA) is 93.2 Å². The highest BCUT2D eigenvalue weighted by Gasteiger charge is 2.34. The van der Waals surface area contributed by atoms with Gasteiger partial charge in [-0.15, -0.1) is 0 Å². The highest BCUT2D eigenvalue weighted by molar-refractivity contribution is 5.94. The smallest absolute Gasteiger partial charge is 0.419 e. The quantitative estimate of drug-likeness (QED) is 0.786. The molecule has 10 heteroatoms. The lowest BCUT2D eigenvalue weighted by Gasteiger charge is -2.14. The summed E-state index contributed by atoms with van der Waals surface area (Å²) in [6, 6.07) is 4.88. The summed E-state index contributed by atoms with van der Waals surface area (Å²) in [5, 5.41) is 5.03. The summed E-state index contributed by atoms with van der Waals surface area (Å²) < 4.78 is 43.9. The Morgan fingerprint density at radius 2 is 2.00 bits per heavy atom. The van der Waals surface area contributed by atoms with Gasteiger partial charge in [-0.25, -0.2) is 9.97 Å². The SMILES string of the molecule is COc1ccc(CNC(=O)c2ccnc(NC(=O)C3CC3)n2)cc1C(F)(F)F. The van der Waals surface area contributed by atoms with Crippen LogP contribution in [0.15, 0.2) is 30.5 Å². The number of anilines is 1. The molecule has 148 valence electrons. The highest BCUT2D eigenvalue weighted by Crippen LogP contribution is 2.36. The van der Waals surface area contributed by atoms with Crippen molar-refractivity contribution >= 4 is 17.8 Å². The van der Waals surface area contributed by atoms with E-state index in [0.29, 0.717) is 0 Å². The summed E-state index contributed by atoms with van der Waals surface area (Å²) >= 11 is 0. The number of nitrogens with zero attached hydrogens (tertiary/aromatic N) is 2. The number of ether oxygens (including phenoxy) is 1. The number of carbonyl (C=O) groups is 2. The second kappa shape index (κ2) is 7.83. The molecule has 1 aromatic carbocycles. The molecule has 28 heavy (non-hydrogen) atoms. The molecule has 1 aromatic heterocycles. The molecule has 1 saturated carbocycles. The lowest BCUT2D eigenvalue weighted by atomic mass is 10.1. The van der Waals surface area contributed by atoms with E-state index in [4.69, 9.17) is 4.74 Å². The Morgan fingerprint density at radius 1 is 1.25 bits per heavy atom. The molecule has 1 aliphatic carbocycles. The molecule has 1 heterocycles. The molecule has 7 nitrogen and oxygen atoms in total. The van der Waals surface area contributed by atoms with Crippen LogP contribution in [0, 0.1) is 5.92 Å². The zero-order valence-corrected chi connectivity index (χ0v) is 14.8. The number of hydrogen-bond donors (Lipinski definition) is 2. The second-order valence-electron chi connectivity index (χ2n) is 6.24. The molecule has 2 amide bonds. The zero-order valence-electron chi connectivity index (χ0n) is 14.8. The first-order valence-electron chi connectivity index (χ1n) is 8.44. The molecular formula is C18H17F3N4O3. The van der Waals surface area contributed by atoms with E-state index in [1.165, 1.54) is 24.4 Å². The van der Waals surface area contributed by atoms with Crippen molar-refractivity contribution in [3.63, 3.8) is 0 Å². The van der Waals surface area contributed by atoms with Crippen molar-refractivity contribution in [3.8, 4) is 5.75 Å². The van der Waals surface area contributed by atoms with E-state index < -0.39 is 17.6 Å². The van der Waals surface area contributed by atoms with Crippen molar-refractivity contribution in [1.82, 2.24) is 15.3 Å². The summed E-state index contributed by atoms with van der Waals surface area (Å²) in [7, 11) is 1.15. The van der Waals surface area contributed by atoms with Crippen LogP contribution in [0.4, 0.5) is 19.1 Å². The van der Waals surface area contributed by atoms with Crippen molar-refractivity contribution in [3.05, 3.63) is 47.3 Å². The third kappa shape index (κ3) is 4.76. The van der Waals surface area contributed by atoms with Gasteiger partial charge in [-0.3, -0.25) is 14.9 Å². The summed E-state index contributed by atoms with van der Waals surface area (Å²) in [4.78, 5) is 31.8. The normalized spacial score (nSPS) is 13.7. The Bertz CT molecular complexity index is 898. The largest absolute Gasteiger partial charge is 0.496 e. The molecular weight excluding hydrogens is 377 g/mol. The minimum absolute atomic E-state index is 0.00774. The molecule has 1 fully saturated rings. The van der Waals surface area contributed by atoms with Crippen LogP contribution in [0.25, 0.3) is 0 Å². The summed E-state index contributed by atoms with van der Waals surface area (Å²) in [5.41, 5.74) is -0.683. The highest BCUT2D eigenvalue weighted by atomic mass is 19.4. The van der Waals surface area contributed by atoms with Gasteiger partial charge in [-0.1, -0.05) is 6.07 Å². The fourth-order valence-electron chi connectivity index (χ4n) is 2.46. The summed E-state index contributed by atoms with van der Waals surface area (Å²) in [6.45, 7) is -0.139. The maximum atomic E-state index is 13.1. The number of rotatable bonds is 6. The number of benzene rings is 1. The van der Waals surface area contributed by atoms with E-state index >= 15 is 0 Å². The standard InChI is InChI=1S/C18H17F3N4O3/c1-28-14-5-2-10(8-12(14)18(19,20)21)9-23-16(27)13-6-7-22-17(24-13)25-15(26)11-3-4-11/h2,5-8,11H,3-4,9H2,1H3,(H,23,27)(H,22,24,25,26). The Kier molecular flexibility index (Phi) is 5.48. The Balaban J connectivity index is 1.66. The number of methoxy groups -OCH3 is 1. The zero-order chi connectivity index (χ0) is 20.3. The molecule has 0 radical (unpaired) electrons. The molecule has 2 N–H and O–H groups in total. The lowest BCUT2D eigenvalue weighted by molar-refractivity contribution is -0.138. The molecule has 0 saturated heterocycles. The molecule has 0 atom stereocenters. The first-order chi connectivity index (χ1) is 13.3. The number of halogens is 3. The fourth-order valence-corrected chi connectivity index (χ4v) is 2.46. The van der Waals surface area contributed by atoms with E-state index in [0.717, 1.165) is 26.0 Å². The van der Waals surface area contributed by atoms with Gasteiger partial charge in [0.1, 0.15) is 11.4 Å². The number of aromatic nitrogens is 2. The maximum absolute atomic E-state index is 13.1. The second-order valence-corrected chi connectivity index (χ2v) is 6.24. The first kappa shape index (κ1) is 19.6. The molecule has 0 unspecified atom stereocenters. The Labute approximate surface area is 158 Å². The van der Waals surface area contributed by atoms with Crippen LogP contribution in [-0.2, 0) is 17.5 Å². The number of hydrogen-bond acceptors (Lipinski definition) is 5. The van der Waals surface area contributed by atoms with Gasteiger partial charge in [-0.2, -0.15) is 13.2 Å². The van der Waals surface area contributed by atoms with Gasteiger partial charge < -0.3 is 10.1 Å². The van der Waals surface area contributed by atoms with Crippen LogP contribution in [0.2, 0.25) is 0 Å². The van der Waals surface area contributed by atoms with Crippen molar-refractivity contribution in [2.45, 2.75) is 25.6 Å². The van der Waals surface area contributed by atoms with Crippen LogP contribution < -0.4 is 15.4 Å². The lowest BCUT2D eigenvalue weighted by Crippen LogP contribution is -2.25. The molecule has 0 spiro atoms. The van der Waals surface area contributed by atoms with Crippen LogP contribution in [0.1, 0.15) is 34.5 Å². The average Bonchev–Trinajstić information content (AvgIpc) is 3.50. The number of carbonyl (C=O) groups excluding carboxylic acids is 2. The predicted molar refractivity (Wildman–Crippen MR) is 92.6 cm³/mol. The van der Waals surface area contributed by atoms with Crippen molar-refractivity contribution in [2.75, 3.05) is 12.4 Å². The van der Waals surface area contributed by atoms with E-state index in [-0.39, 0.29) is 41.3 Å². The molecule has 2 aromatic rings. The molecule has 0 aliphatic heterocycles. The predicted octanol–water partition coefficient (Wildman–Crippen LogP) is 2.78. The summed E-state index contributed by atoms with van der Waals surface area (Å²) in [5.74, 6) is -1.13. The van der Waals surface area contributed by atoms with Gasteiger partial charge in [0.2, 0.25) is 11.9 Å². The third-order valence-electron chi connectivity index (χ3n) is 4.09. The number of alkyl halides is 3. The van der Waals surface area contributed by atoms with Gasteiger partial charge in [0.05, 0.1) is 12.7 Å². The molecule has 0 bridgehead atoms. The Morgan fingerprint density at radius 3 is 2.64 bits per heavy atom. The van der Waals surface area contributed by atoms with E-state index in [1.54, 1.807) is 0 Å². The van der Waals surface area contributed by atoms with Gasteiger partial charge in [0.25, 0.3) is 5.91 Å². The molecule has 3 rings (SSSR count). The van der Waals surface area contributed by atoms with Gasteiger partial charge >= 0.3 is 6.18 Å². The van der Waals surface area contributed by atoms with Gasteiger partial charge in [0.15, 0.2) is 0 Å². The monoisotopic (exact) mass is 394 g/mol. The van der Waals surface area contributed by atoms with E-state index in [9.17, 15) is 22.8 Å². The minimum atomic E-state index is -4.58. The maximum Gasteiger partial charge on any atom is 0.419 e.